The summed E-state index contributed by atoms with van der Waals surface area (Å²) in [4.78, 5) is 31.5. The summed E-state index contributed by atoms with van der Waals surface area (Å²) in [5.74, 6) is 2.40. The molecular formula is C28H35N7O4S. The number of aromatic nitrogens is 2. The number of carbonyl (C=O) groups is 1. The van der Waals surface area contributed by atoms with Crippen LogP contribution in [0.25, 0.3) is 10.8 Å². The Balaban J connectivity index is 1.13. The van der Waals surface area contributed by atoms with Gasteiger partial charge in [0.05, 0.1) is 12.2 Å². The molecule has 3 saturated heterocycles. The standard InChI is InChI=1S/C28H35N7O4S/c36-26(29-23-10-9-21-7-1-2-8-22(21)27(23)40(37,38)39)20-32-15-17-34(18-16-32)25-19-24(33-11-3-4-12-33)30-28(31-25)35-13-5-6-14-35/h1-2,7-10,19H,3-6,11-18,20H2,(H,29,36)(H,37,38,39). The van der Waals surface area contributed by atoms with Crippen LogP contribution in [0.5, 0.6) is 0 Å². The molecule has 3 aliphatic heterocycles. The molecule has 3 fully saturated rings. The van der Waals surface area contributed by atoms with Crippen molar-refractivity contribution in [2.45, 2.75) is 30.6 Å². The summed E-state index contributed by atoms with van der Waals surface area (Å²) in [6.45, 7) is 6.91. The van der Waals surface area contributed by atoms with Crippen molar-refractivity contribution in [3.8, 4) is 0 Å². The second kappa shape index (κ2) is 11.2. The molecule has 40 heavy (non-hydrogen) atoms. The van der Waals surface area contributed by atoms with Crippen molar-refractivity contribution in [2.75, 3.05) is 78.9 Å². The van der Waals surface area contributed by atoms with Gasteiger partial charge in [-0.1, -0.05) is 30.3 Å². The lowest BCUT2D eigenvalue weighted by molar-refractivity contribution is -0.117. The fraction of sp³-hybridized carbons (Fsp3) is 0.464. The molecule has 3 aliphatic rings. The number of fused-ring (bicyclic) bond motifs is 1. The lowest BCUT2D eigenvalue weighted by Crippen LogP contribution is -2.49. The third kappa shape index (κ3) is 5.70. The number of nitrogens with zero attached hydrogens (tertiary/aromatic N) is 6. The molecule has 0 aliphatic carbocycles. The molecule has 1 aromatic heterocycles. The molecule has 212 valence electrons. The Labute approximate surface area is 234 Å². The van der Waals surface area contributed by atoms with Crippen LogP contribution in [-0.4, -0.2) is 92.6 Å². The van der Waals surface area contributed by atoms with E-state index in [0.717, 1.165) is 69.7 Å². The Morgan fingerprint density at radius 2 is 1.40 bits per heavy atom. The third-order valence-electron chi connectivity index (χ3n) is 7.98. The maximum absolute atomic E-state index is 13.0. The van der Waals surface area contributed by atoms with Crippen molar-refractivity contribution in [3.05, 3.63) is 42.5 Å². The monoisotopic (exact) mass is 565 g/mol. The predicted molar refractivity (Wildman–Crippen MR) is 156 cm³/mol. The largest absolute Gasteiger partial charge is 0.356 e. The molecule has 0 atom stereocenters. The van der Waals surface area contributed by atoms with E-state index in [9.17, 15) is 17.8 Å². The zero-order valence-corrected chi connectivity index (χ0v) is 23.3. The molecule has 0 radical (unpaired) electrons. The summed E-state index contributed by atoms with van der Waals surface area (Å²) in [6, 6.07) is 12.2. The number of hydrogen-bond acceptors (Lipinski definition) is 9. The van der Waals surface area contributed by atoms with E-state index in [-0.39, 0.29) is 23.0 Å². The first kappa shape index (κ1) is 26.7. The van der Waals surface area contributed by atoms with Gasteiger partial charge in [0.25, 0.3) is 10.1 Å². The summed E-state index contributed by atoms with van der Waals surface area (Å²) in [6.07, 6.45) is 4.70. The number of nitrogens with one attached hydrogen (secondary N) is 1. The molecule has 12 heteroatoms. The summed E-state index contributed by atoms with van der Waals surface area (Å²) in [5.41, 5.74) is 0.0784. The van der Waals surface area contributed by atoms with Crippen LogP contribution >= 0.6 is 0 Å². The zero-order chi connectivity index (χ0) is 27.7. The van der Waals surface area contributed by atoms with Crippen LogP contribution < -0.4 is 20.0 Å². The first-order valence-electron chi connectivity index (χ1n) is 14.0. The van der Waals surface area contributed by atoms with Crippen molar-refractivity contribution in [2.24, 2.45) is 0 Å². The Morgan fingerprint density at radius 3 is 2.05 bits per heavy atom. The van der Waals surface area contributed by atoms with E-state index < -0.39 is 10.1 Å². The van der Waals surface area contributed by atoms with Crippen molar-refractivity contribution >= 4 is 50.1 Å². The minimum absolute atomic E-state index is 0.0784. The molecule has 4 heterocycles. The van der Waals surface area contributed by atoms with Gasteiger partial charge < -0.3 is 20.0 Å². The molecule has 1 amide bonds. The van der Waals surface area contributed by atoms with Crippen LogP contribution in [0.2, 0.25) is 0 Å². The smallest absolute Gasteiger partial charge is 0.297 e. The average molecular weight is 566 g/mol. The number of benzene rings is 2. The predicted octanol–water partition coefficient (Wildman–Crippen LogP) is 2.84. The molecule has 11 nitrogen and oxygen atoms in total. The van der Waals surface area contributed by atoms with Crippen molar-refractivity contribution in [1.29, 1.82) is 0 Å². The summed E-state index contributed by atoms with van der Waals surface area (Å²) >= 11 is 0. The third-order valence-corrected chi connectivity index (χ3v) is 8.94. The molecule has 0 bridgehead atoms. The Bertz CT molecular complexity index is 1460. The SMILES string of the molecule is O=C(CN1CCN(c2cc(N3CCCC3)nc(N3CCCC3)n2)CC1)Nc1ccc2ccccc2c1S(=O)(=O)O. The normalized spacial score (nSPS) is 18.6. The van der Waals surface area contributed by atoms with Crippen molar-refractivity contribution < 1.29 is 17.8 Å². The van der Waals surface area contributed by atoms with Gasteiger partial charge in [-0.15, -0.1) is 0 Å². The highest BCUT2D eigenvalue weighted by Gasteiger charge is 2.26. The van der Waals surface area contributed by atoms with Crippen molar-refractivity contribution in [1.82, 2.24) is 14.9 Å². The number of amides is 1. The first-order chi connectivity index (χ1) is 19.3. The summed E-state index contributed by atoms with van der Waals surface area (Å²) < 4.78 is 34.3. The molecule has 6 rings (SSSR count). The zero-order valence-electron chi connectivity index (χ0n) is 22.5. The first-order valence-corrected chi connectivity index (χ1v) is 15.4. The Kier molecular flexibility index (Phi) is 7.47. The van der Waals surface area contributed by atoms with Gasteiger partial charge in [0.15, 0.2) is 0 Å². The van der Waals surface area contributed by atoms with E-state index in [1.54, 1.807) is 30.3 Å². The molecule has 2 N–H and O–H groups in total. The summed E-state index contributed by atoms with van der Waals surface area (Å²) in [7, 11) is -4.55. The lowest BCUT2D eigenvalue weighted by Gasteiger charge is -2.35. The summed E-state index contributed by atoms with van der Waals surface area (Å²) in [5, 5.41) is 3.74. The van der Waals surface area contributed by atoms with Gasteiger partial charge in [-0.05, 0) is 37.1 Å². The Morgan fingerprint density at radius 1 is 0.800 bits per heavy atom. The molecule has 0 spiro atoms. The quantitative estimate of drug-likeness (QED) is 0.414. The van der Waals surface area contributed by atoms with Gasteiger partial charge in [0, 0.05) is 63.8 Å². The minimum Gasteiger partial charge on any atom is -0.356 e. The number of hydrogen-bond donors (Lipinski definition) is 2. The van der Waals surface area contributed by atoms with Gasteiger partial charge in [-0.2, -0.15) is 18.4 Å². The van der Waals surface area contributed by atoms with Crippen LogP contribution in [0.1, 0.15) is 25.7 Å². The van der Waals surface area contributed by atoms with Crippen LogP contribution in [0.15, 0.2) is 47.4 Å². The maximum Gasteiger partial charge on any atom is 0.297 e. The highest BCUT2D eigenvalue weighted by molar-refractivity contribution is 7.86. The fourth-order valence-corrected chi connectivity index (χ4v) is 6.75. The molecule has 2 aromatic carbocycles. The Hall–Kier alpha value is -3.48. The molecular weight excluding hydrogens is 530 g/mol. The minimum atomic E-state index is -4.55. The van der Waals surface area contributed by atoms with E-state index in [4.69, 9.17) is 9.97 Å². The number of piperazine rings is 1. The molecule has 0 unspecified atom stereocenters. The topological polar surface area (TPSA) is 122 Å². The van der Waals surface area contributed by atoms with Crippen LogP contribution in [0.3, 0.4) is 0 Å². The van der Waals surface area contributed by atoms with Crippen molar-refractivity contribution in [3.63, 3.8) is 0 Å². The van der Waals surface area contributed by atoms with E-state index >= 15 is 0 Å². The van der Waals surface area contributed by atoms with E-state index in [2.05, 4.69) is 26.1 Å². The van der Waals surface area contributed by atoms with Crippen LogP contribution in [-0.2, 0) is 14.9 Å². The molecule has 0 saturated carbocycles. The van der Waals surface area contributed by atoms with Gasteiger partial charge >= 0.3 is 0 Å². The second-order valence-electron chi connectivity index (χ2n) is 10.7. The maximum atomic E-state index is 13.0. The van der Waals surface area contributed by atoms with E-state index in [1.165, 1.54) is 18.9 Å². The van der Waals surface area contributed by atoms with Gasteiger partial charge in [-0.25, -0.2) is 0 Å². The molecule has 3 aromatic rings. The number of carbonyl (C=O) groups excluding carboxylic acids is 1. The fourth-order valence-electron chi connectivity index (χ4n) is 5.89. The van der Waals surface area contributed by atoms with Crippen LogP contribution in [0, 0.1) is 0 Å². The van der Waals surface area contributed by atoms with Crippen LogP contribution in [0.4, 0.5) is 23.3 Å². The highest BCUT2D eigenvalue weighted by Crippen LogP contribution is 2.31. The van der Waals surface area contributed by atoms with E-state index in [0.29, 0.717) is 23.9 Å². The lowest BCUT2D eigenvalue weighted by atomic mass is 10.1. The number of anilines is 4. The highest BCUT2D eigenvalue weighted by atomic mass is 32.2. The number of rotatable bonds is 7. The van der Waals surface area contributed by atoms with Gasteiger partial charge in [0.2, 0.25) is 11.9 Å². The average Bonchev–Trinajstić information content (AvgIpc) is 3.68. The second-order valence-corrected chi connectivity index (χ2v) is 12.1. The van der Waals surface area contributed by atoms with Gasteiger partial charge in [-0.3, -0.25) is 14.2 Å². The van der Waals surface area contributed by atoms with E-state index in [1.807, 2.05) is 4.90 Å². The van der Waals surface area contributed by atoms with Gasteiger partial charge in [0.1, 0.15) is 16.5 Å².